The number of esters is 1. The highest BCUT2D eigenvalue weighted by molar-refractivity contribution is 7.99. The molecule has 0 fully saturated rings. The van der Waals surface area contributed by atoms with E-state index < -0.39 is 0 Å². The SMILES string of the molecule is CCOC(=O)CSCc1ccc(C#N)cc1Cl. The normalized spacial score (nSPS) is 9.71. The van der Waals surface area contributed by atoms with Gasteiger partial charge in [-0.25, -0.2) is 0 Å². The highest BCUT2D eigenvalue weighted by Gasteiger charge is 2.05. The van der Waals surface area contributed by atoms with E-state index in [1.807, 2.05) is 6.07 Å². The van der Waals surface area contributed by atoms with Gasteiger partial charge in [-0.2, -0.15) is 5.26 Å². The van der Waals surface area contributed by atoms with Gasteiger partial charge in [0.1, 0.15) is 0 Å². The summed E-state index contributed by atoms with van der Waals surface area (Å²) in [5.74, 6) is 0.718. The van der Waals surface area contributed by atoms with E-state index in [9.17, 15) is 4.79 Å². The summed E-state index contributed by atoms with van der Waals surface area (Å²) in [5, 5.41) is 9.24. The Labute approximate surface area is 110 Å². The number of thioether (sulfide) groups is 1. The van der Waals surface area contributed by atoms with Crippen LogP contribution in [0.3, 0.4) is 0 Å². The first-order valence-electron chi connectivity index (χ1n) is 5.09. The maximum atomic E-state index is 11.1. The molecule has 0 atom stereocenters. The number of hydrogen-bond donors (Lipinski definition) is 0. The lowest BCUT2D eigenvalue weighted by molar-refractivity contribution is -0.139. The zero-order valence-corrected chi connectivity index (χ0v) is 11.0. The zero-order valence-electron chi connectivity index (χ0n) is 9.40. The molecule has 1 aromatic rings. The van der Waals surface area contributed by atoms with E-state index in [1.165, 1.54) is 11.8 Å². The molecule has 0 heterocycles. The summed E-state index contributed by atoms with van der Waals surface area (Å²) in [6.45, 7) is 2.18. The fourth-order valence-corrected chi connectivity index (χ4v) is 2.33. The number of ether oxygens (including phenoxy) is 1. The number of benzene rings is 1. The largest absolute Gasteiger partial charge is 0.465 e. The first kappa shape index (κ1) is 13.9. The summed E-state index contributed by atoms with van der Waals surface area (Å²) in [4.78, 5) is 11.1. The molecule has 0 N–H and O–H groups in total. The summed E-state index contributed by atoms with van der Waals surface area (Å²) in [6, 6.07) is 7.17. The molecule has 90 valence electrons. The monoisotopic (exact) mass is 269 g/mol. The average Bonchev–Trinajstić information content (AvgIpc) is 2.31. The second kappa shape index (κ2) is 7.21. The number of halogens is 1. The molecule has 1 aromatic carbocycles. The van der Waals surface area contributed by atoms with Crippen LogP contribution in [0, 0.1) is 11.3 Å². The van der Waals surface area contributed by atoms with Gasteiger partial charge in [-0.1, -0.05) is 17.7 Å². The third-order valence-electron chi connectivity index (χ3n) is 1.96. The van der Waals surface area contributed by atoms with Gasteiger partial charge in [-0.15, -0.1) is 11.8 Å². The molecule has 0 aliphatic rings. The van der Waals surface area contributed by atoms with Gasteiger partial charge in [0.15, 0.2) is 0 Å². The summed E-state index contributed by atoms with van der Waals surface area (Å²) < 4.78 is 4.81. The maximum Gasteiger partial charge on any atom is 0.315 e. The fraction of sp³-hybridized carbons (Fsp3) is 0.333. The second-order valence-corrected chi connectivity index (χ2v) is 4.61. The van der Waals surface area contributed by atoms with Crippen molar-refractivity contribution in [1.82, 2.24) is 0 Å². The summed E-state index contributed by atoms with van der Waals surface area (Å²) >= 11 is 7.44. The molecule has 3 nitrogen and oxygen atoms in total. The van der Waals surface area contributed by atoms with Crippen molar-refractivity contribution in [3.8, 4) is 6.07 Å². The molecule has 0 aliphatic carbocycles. The Kier molecular flexibility index (Phi) is 5.88. The Morgan fingerprint density at radius 1 is 1.59 bits per heavy atom. The Balaban J connectivity index is 2.47. The van der Waals surface area contributed by atoms with Crippen molar-refractivity contribution in [1.29, 1.82) is 5.26 Å². The standard InChI is InChI=1S/C12H12ClNO2S/c1-2-16-12(15)8-17-7-10-4-3-9(6-14)5-11(10)13/h3-5H,2,7-8H2,1H3. The number of nitrogens with zero attached hydrogens (tertiary/aromatic N) is 1. The van der Waals surface area contributed by atoms with Crippen molar-refractivity contribution in [2.75, 3.05) is 12.4 Å². The van der Waals surface area contributed by atoms with E-state index >= 15 is 0 Å². The van der Waals surface area contributed by atoms with Crippen molar-refractivity contribution in [3.63, 3.8) is 0 Å². The Morgan fingerprint density at radius 2 is 2.35 bits per heavy atom. The van der Waals surface area contributed by atoms with Gasteiger partial charge in [-0.3, -0.25) is 4.79 Å². The number of rotatable bonds is 5. The van der Waals surface area contributed by atoms with Crippen LogP contribution >= 0.6 is 23.4 Å². The molecule has 0 aliphatic heterocycles. The van der Waals surface area contributed by atoms with Crippen molar-refractivity contribution < 1.29 is 9.53 Å². The van der Waals surface area contributed by atoms with Crippen molar-refractivity contribution in [2.24, 2.45) is 0 Å². The predicted octanol–water partition coefficient (Wildman–Crippen LogP) is 3.01. The molecule has 5 heteroatoms. The van der Waals surface area contributed by atoms with Crippen LogP contribution in [0.4, 0.5) is 0 Å². The van der Waals surface area contributed by atoms with Gasteiger partial charge in [0.05, 0.1) is 24.0 Å². The molecule has 0 radical (unpaired) electrons. The smallest absolute Gasteiger partial charge is 0.315 e. The Hall–Kier alpha value is -1.18. The maximum absolute atomic E-state index is 11.1. The molecule has 0 aromatic heterocycles. The van der Waals surface area contributed by atoms with Gasteiger partial charge in [0, 0.05) is 10.8 Å². The van der Waals surface area contributed by atoms with Crippen molar-refractivity contribution >= 4 is 29.3 Å². The molecule has 0 unspecified atom stereocenters. The Morgan fingerprint density at radius 3 is 2.94 bits per heavy atom. The van der Waals surface area contributed by atoms with Crippen molar-refractivity contribution in [3.05, 3.63) is 34.3 Å². The van der Waals surface area contributed by atoms with Gasteiger partial charge < -0.3 is 4.74 Å². The van der Waals surface area contributed by atoms with Gasteiger partial charge in [0.2, 0.25) is 0 Å². The lowest BCUT2D eigenvalue weighted by Gasteiger charge is -2.04. The number of hydrogen-bond acceptors (Lipinski definition) is 4. The van der Waals surface area contributed by atoms with Gasteiger partial charge in [-0.05, 0) is 24.6 Å². The van der Waals surface area contributed by atoms with Crippen LogP contribution in [-0.4, -0.2) is 18.3 Å². The van der Waals surface area contributed by atoms with E-state index in [-0.39, 0.29) is 5.97 Å². The van der Waals surface area contributed by atoms with Crippen LogP contribution in [0.5, 0.6) is 0 Å². The van der Waals surface area contributed by atoms with E-state index in [4.69, 9.17) is 21.6 Å². The quantitative estimate of drug-likeness (QED) is 0.771. The van der Waals surface area contributed by atoms with Crippen molar-refractivity contribution in [2.45, 2.75) is 12.7 Å². The van der Waals surface area contributed by atoms with E-state index in [1.54, 1.807) is 25.1 Å². The summed E-state index contributed by atoms with van der Waals surface area (Å²) in [6.07, 6.45) is 0. The first-order valence-corrected chi connectivity index (χ1v) is 6.62. The molecule has 0 bridgehead atoms. The molecule has 17 heavy (non-hydrogen) atoms. The minimum Gasteiger partial charge on any atom is -0.465 e. The molecule has 0 saturated carbocycles. The molecule has 0 spiro atoms. The first-order chi connectivity index (χ1) is 8.17. The molecule has 0 amide bonds. The molecule has 0 saturated heterocycles. The second-order valence-electron chi connectivity index (χ2n) is 3.22. The van der Waals surface area contributed by atoms with Crippen LogP contribution in [0.1, 0.15) is 18.1 Å². The molecule has 1 rings (SSSR count). The van der Waals surface area contributed by atoms with Crippen LogP contribution in [0.2, 0.25) is 5.02 Å². The van der Waals surface area contributed by atoms with Gasteiger partial charge in [0.25, 0.3) is 0 Å². The third-order valence-corrected chi connectivity index (χ3v) is 3.27. The summed E-state index contributed by atoms with van der Waals surface area (Å²) in [5.41, 5.74) is 1.45. The van der Waals surface area contributed by atoms with Crippen LogP contribution in [0.25, 0.3) is 0 Å². The fourth-order valence-electron chi connectivity index (χ4n) is 1.18. The molecular formula is C12H12ClNO2S. The van der Waals surface area contributed by atoms with Crippen LogP contribution in [0.15, 0.2) is 18.2 Å². The zero-order chi connectivity index (χ0) is 12.7. The summed E-state index contributed by atoms with van der Waals surface area (Å²) in [7, 11) is 0. The number of carbonyl (C=O) groups is 1. The predicted molar refractivity (Wildman–Crippen MR) is 69.0 cm³/mol. The average molecular weight is 270 g/mol. The number of carbonyl (C=O) groups excluding carboxylic acids is 1. The van der Waals surface area contributed by atoms with E-state index in [0.717, 1.165) is 5.56 Å². The van der Waals surface area contributed by atoms with Crippen LogP contribution < -0.4 is 0 Å². The van der Waals surface area contributed by atoms with Crippen LogP contribution in [-0.2, 0) is 15.3 Å². The highest BCUT2D eigenvalue weighted by atomic mass is 35.5. The Bertz CT molecular complexity index is 443. The highest BCUT2D eigenvalue weighted by Crippen LogP contribution is 2.22. The minimum absolute atomic E-state index is 0.220. The lowest BCUT2D eigenvalue weighted by Crippen LogP contribution is -2.06. The van der Waals surface area contributed by atoms with E-state index in [0.29, 0.717) is 28.7 Å². The lowest BCUT2D eigenvalue weighted by atomic mass is 10.2. The van der Waals surface area contributed by atoms with E-state index in [2.05, 4.69) is 0 Å². The minimum atomic E-state index is -0.220. The molecular weight excluding hydrogens is 258 g/mol. The topological polar surface area (TPSA) is 50.1 Å². The van der Waals surface area contributed by atoms with Gasteiger partial charge >= 0.3 is 5.97 Å². The number of nitriles is 1. The third kappa shape index (κ3) is 4.68.